The van der Waals surface area contributed by atoms with Crippen LogP contribution in [0.15, 0.2) is 23.1 Å². The average Bonchev–Trinajstić information content (AvgIpc) is 2.36. The molecule has 0 aliphatic carbocycles. The van der Waals surface area contributed by atoms with Crippen LogP contribution in [0.4, 0.5) is 0 Å². The van der Waals surface area contributed by atoms with E-state index in [1.807, 2.05) is 18.7 Å². The number of hydrogen-bond acceptors (Lipinski definition) is 2. The largest absolute Gasteiger partial charge is 0.336 e. The highest BCUT2D eigenvalue weighted by molar-refractivity contribution is 7.80. The van der Waals surface area contributed by atoms with E-state index in [0.29, 0.717) is 10.6 Å². The Morgan fingerprint density at radius 1 is 1.37 bits per heavy atom. The molecule has 0 unspecified atom stereocenters. The Balaban J connectivity index is 2.89. The lowest BCUT2D eigenvalue weighted by Gasteiger charge is -2.27. The fraction of sp³-hybridized carbons (Fsp3) is 0.533. The van der Waals surface area contributed by atoms with Crippen LogP contribution in [0, 0.1) is 0 Å². The molecule has 0 radical (unpaired) electrons. The number of amides is 1. The molecular weight excluding hydrogens is 278 g/mol. The van der Waals surface area contributed by atoms with Crippen molar-refractivity contribution < 1.29 is 4.79 Å². The van der Waals surface area contributed by atoms with Crippen molar-refractivity contribution in [3.05, 3.63) is 28.8 Å². The fourth-order valence-electron chi connectivity index (χ4n) is 1.96. The first kappa shape index (κ1) is 16.4. The summed E-state index contributed by atoms with van der Waals surface area (Å²) in [5.74, 6) is -0.00740. The van der Waals surface area contributed by atoms with Gasteiger partial charge in [-0.15, -0.1) is 12.6 Å². The molecule has 19 heavy (non-hydrogen) atoms. The van der Waals surface area contributed by atoms with Crippen molar-refractivity contribution in [3.8, 4) is 0 Å². The summed E-state index contributed by atoms with van der Waals surface area (Å²) in [6.07, 6.45) is 3.31. The zero-order valence-corrected chi connectivity index (χ0v) is 13.5. The summed E-state index contributed by atoms with van der Waals surface area (Å²) in [7, 11) is 0. The van der Waals surface area contributed by atoms with Crippen LogP contribution in [0.25, 0.3) is 0 Å². The molecule has 0 N–H and O–H groups in total. The molecule has 0 heterocycles. The Labute approximate surface area is 126 Å². The van der Waals surface area contributed by atoms with Gasteiger partial charge in [-0.25, -0.2) is 0 Å². The van der Waals surface area contributed by atoms with Crippen LogP contribution in [-0.2, 0) is 0 Å². The molecule has 0 aliphatic heterocycles. The van der Waals surface area contributed by atoms with Gasteiger partial charge in [0.1, 0.15) is 0 Å². The molecule has 0 atom stereocenters. The molecule has 0 bridgehead atoms. The molecule has 0 fully saturated rings. The van der Waals surface area contributed by atoms with Crippen LogP contribution in [0.5, 0.6) is 0 Å². The van der Waals surface area contributed by atoms with Gasteiger partial charge in [0.05, 0.1) is 10.6 Å². The van der Waals surface area contributed by atoms with E-state index in [4.69, 9.17) is 11.6 Å². The topological polar surface area (TPSA) is 20.3 Å². The highest BCUT2D eigenvalue weighted by atomic mass is 35.5. The van der Waals surface area contributed by atoms with Crippen LogP contribution in [0.2, 0.25) is 5.02 Å². The van der Waals surface area contributed by atoms with Crippen molar-refractivity contribution in [3.63, 3.8) is 0 Å². The number of unbranched alkanes of at least 4 members (excludes halogenated alkanes) is 2. The van der Waals surface area contributed by atoms with Crippen LogP contribution >= 0.6 is 24.2 Å². The number of thiol groups is 1. The second-order valence-electron chi connectivity index (χ2n) is 4.96. The number of hydrogen-bond donors (Lipinski definition) is 1. The Bertz CT molecular complexity index is 434. The van der Waals surface area contributed by atoms with Crippen molar-refractivity contribution >= 4 is 30.1 Å². The van der Waals surface area contributed by atoms with Crippen molar-refractivity contribution in [1.82, 2.24) is 4.90 Å². The second kappa shape index (κ2) is 7.81. The van der Waals surface area contributed by atoms with Crippen molar-refractivity contribution in [2.45, 2.75) is 51.0 Å². The van der Waals surface area contributed by atoms with E-state index in [0.717, 1.165) is 30.7 Å². The molecule has 0 saturated heterocycles. The lowest BCUT2D eigenvalue weighted by molar-refractivity contribution is 0.0702. The molecular formula is C15H22ClNOS. The third-order valence-corrected chi connectivity index (χ3v) is 3.67. The molecule has 106 valence electrons. The normalized spacial score (nSPS) is 10.8. The van der Waals surface area contributed by atoms with Crippen LogP contribution < -0.4 is 0 Å². The van der Waals surface area contributed by atoms with Gasteiger partial charge in [0.2, 0.25) is 0 Å². The molecule has 0 saturated carbocycles. The SMILES string of the molecule is CCCCCN(C(=O)c1cc(S)ccc1Cl)C(C)C. The van der Waals surface area contributed by atoms with Crippen LogP contribution in [0.3, 0.4) is 0 Å². The Kier molecular flexibility index (Phi) is 6.73. The summed E-state index contributed by atoms with van der Waals surface area (Å²) in [6.45, 7) is 6.99. The summed E-state index contributed by atoms with van der Waals surface area (Å²) < 4.78 is 0. The second-order valence-corrected chi connectivity index (χ2v) is 5.89. The summed E-state index contributed by atoms with van der Waals surface area (Å²) in [6, 6.07) is 5.42. The molecule has 0 spiro atoms. The van der Waals surface area contributed by atoms with Crippen LogP contribution in [-0.4, -0.2) is 23.4 Å². The number of rotatable bonds is 6. The minimum atomic E-state index is -0.00740. The minimum absolute atomic E-state index is 0.00740. The van der Waals surface area contributed by atoms with Gasteiger partial charge in [0.15, 0.2) is 0 Å². The molecule has 4 heteroatoms. The van der Waals surface area contributed by atoms with Gasteiger partial charge in [-0.05, 0) is 38.5 Å². The third-order valence-electron chi connectivity index (χ3n) is 3.07. The number of carbonyl (C=O) groups excluding carboxylic acids is 1. The summed E-state index contributed by atoms with van der Waals surface area (Å²) in [5, 5.41) is 0.490. The van der Waals surface area contributed by atoms with Gasteiger partial charge in [-0.2, -0.15) is 0 Å². The van der Waals surface area contributed by atoms with Gasteiger partial charge >= 0.3 is 0 Å². The van der Waals surface area contributed by atoms with Gasteiger partial charge in [-0.3, -0.25) is 4.79 Å². The summed E-state index contributed by atoms with van der Waals surface area (Å²) >= 11 is 10.4. The first-order valence-corrected chi connectivity index (χ1v) is 7.59. The number of benzene rings is 1. The third kappa shape index (κ3) is 4.73. The number of nitrogens with zero attached hydrogens (tertiary/aromatic N) is 1. The molecule has 0 aliphatic rings. The predicted molar refractivity (Wildman–Crippen MR) is 84.4 cm³/mol. The average molecular weight is 300 g/mol. The Morgan fingerprint density at radius 3 is 2.63 bits per heavy atom. The van der Waals surface area contributed by atoms with E-state index >= 15 is 0 Å². The van der Waals surface area contributed by atoms with E-state index in [2.05, 4.69) is 19.6 Å². The highest BCUT2D eigenvalue weighted by Crippen LogP contribution is 2.22. The van der Waals surface area contributed by atoms with Crippen molar-refractivity contribution in [1.29, 1.82) is 0 Å². The van der Waals surface area contributed by atoms with E-state index in [-0.39, 0.29) is 11.9 Å². The Morgan fingerprint density at radius 2 is 2.05 bits per heavy atom. The lowest BCUT2D eigenvalue weighted by atomic mass is 10.1. The van der Waals surface area contributed by atoms with Crippen LogP contribution in [0.1, 0.15) is 50.4 Å². The molecule has 1 rings (SSSR count). The fourth-order valence-corrected chi connectivity index (χ4v) is 2.36. The molecule has 1 aromatic carbocycles. The lowest BCUT2D eigenvalue weighted by Crippen LogP contribution is -2.37. The first-order valence-electron chi connectivity index (χ1n) is 6.76. The summed E-state index contributed by atoms with van der Waals surface area (Å²) in [4.78, 5) is 15.2. The zero-order valence-electron chi connectivity index (χ0n) is 11.8. The van der Waals surface area contributed by atoms with Gasteiger partial charge in [-0.1, -0.05) is 31.4 Å². The molecule has 1 amide bonds. The van der Waals surface area contributed by atoms with Crippen molar-refractivity contribution in [2.24, 2.45) is 0 Å². The van der Waals surface area contributed by atoms with Gasteiger partial charge in [0, 0.05) is 17.5 Å². The molecule has 2 nitrogen and oxygen atoms in total. The Hall–Kier alpha value is -0.670. The smallest absolute Gasteiger partial charge is 0.255 e. The molecule has 1 aromatic rings. The maximum Gasteiger partial charge on any atom is 0.255 e. The monoisotopic (exact) mass is 299 g/mol. The molecule has 0 aromatic heterocycles. The first-order chi connectivity index (χ1) is 8.97. The van der Waals surface area contributed by atoms with E-state index < -0.39 is 0 Å². The van der Waals surface area contributed by atoms with E-state index in [1.54, 1.807) is 18.2 Å². The zero-order chi connectivity index (χ0) is 14.4. The maximum atomic E-state index is 12.6. The minimum Gasteiger partial charge on any atom is -0.336 e. The quantitative estimate of drug-likeness (QED) is 0.598. The highest BCUT2D eigenvalue weighted by Gasteiger charge is 2.20. The van der Waals surface area contributed by atoms with Crippen molar-refractivity contribution in [2.75, 3.05) is 6.54 Å². The standard InChI is InChI=1S/C15H22ClNOS/c1-4-5-6-9-17(11(2)3)15(18)13-10-12(19)7-8-14(13)16/h7-8,10-11,19H,4-6,9H2,1-3H3. The number of halogens is 1. The summed E-state index contributed by atoms with van der Waals surface area (Å²) in [5.41, 5.74) is 0.541. The number of carbonyl (C=O) groups is 1. The van der Waals surface area contributed by atoms with E-state index in [1.165, 1.54) is 0 Å². The van der Waals surface area contributed by atoms with Gasteiger partial charge < -0.3 is 4.90 Å². The maximum absolute atomic E-state index is 12.6. The van der Waals surface area contributed by atoms with E-state index in [9.17, 15) is 4.79 Å². The van der Waals surface area contributed by atoms with Gasteiger partial charge in [0.25, 0.3) is 5.91 Å². The predicted octanol–water partition coefficient (Wildman–Crippen LogP) is 4.67.